The summed E-state index contributed by atoms with van der Waals surface area (Å²) in [5.41, 5.74) is 2.69. The lowest BCUT2D eigenvalue weighted by molar-refractivity contribution is -0.147. The number of carbonyl (C=O) groups is 3. The molecule has 2 rings (SSSR count). The molecule has 2 aromatic carbocycles. The maximum atomic E-state index is 12.0. The number of esters is 1. The highest BCUT2D eigenvalue weighted by Crippen LogP contribution is 2.15. The number of amides is 2. The fourth-order valence-corrected chi connectivity index (χ4v) is 2.82. The van der Waals surface area contributed by atoms with Gasteiger partial charge >= 0.3 is 5.97 Å². The van der Waals surface area contributed by atoms with Crippen LogP contribution in [0.4, 0.5) is 0 Å². The molecule has 0 radical (unpaired) electrons. The zero-order valence-electron chi connectivity index (χ0n) is 17.1. The van der Waals surface area contributed by atoms with Gasteiger partial charge in [0.2, 0.25) is 0 Å². The Morgan fingerprint density at radius 1 is 0.931 bits per heavy atom. The quantitative estimate of drug-likeness (QED) is 0.638. The van der Waals surface area contributed by atoms with Crippen LogP contribution in [-0.4, -0.2) is 30.9 Å². The molecule has 2 aromatic rings. The van der Waals surface area contributed by atoms with Gasteiger partial charge in [-0.2, -0.15) is 0 Å². The van der Waals surface area contributed by atoms with Crippen LogP contribution in [0.1, 0.15) is 48.3 Å². The second-order valence-corrected chi connectivity index (χ2v) is 7.34. The van der Waals surface area contributed by atoms with Gasteiger partial charge in [-0.25, -0.2) is 0 Å². The lowest BCUT2D eigenvalue weighted by atomic mass is 10.00. The summed E-state index contributed by atoms with van der Waals surface area (Å²) in [6.07, 6.45) is 1.01. The lowest BCUT2D eigenvalue weighted by Gasteiger charge is -2.15. The van der Waals surface area contributed by atoms with E-state index in [0.717, 1.165) is 12.0 Å². The van der Waals surface area contributed by atoms with E-state index in [1.807, 2.05) is 19.1 Å². The molecule has 0 saturated heterocycles. The first-order valence-electron chi connectivity index (χ1n) is 9.72. The first-order chi connectivity index (χ1) is 13.8. The summed E-state index contributed by atoms with van der Waals surface area (Å²) in [6, 6.07) is 16.5. The first kappa shape index (κ1) is 22.1. The Hall–Kier alpha value is -3.15. The Bertz CT molecular complexity index is 817. The number of rotatable bonds is 9. The van der Waals surface area contributed by atoms with Crippen molar-refractivity contribution in [3.8, 4) is 0 Å². The summed E-state index contributed by atoms with van der Waals surface area (Å²) in [4.78, 5) is 35.6. The van der Waals surface area contributed by atoms with Crippen molar-refractivity contribution in [2.75, 3.05) is 13.2 Å². The molecule has 0 aromatic heterocycles. The summed E-state index contributed by atoms with van der Waals surface area (Å²) in [7, 11) is 0. The summed E-state index contributed by atoms with van der Waals surface area (Å²) in [6.45, 7) is 5.53. The van der Waals surface area contributed by atoms with E-state index in [0.29, 0.717) is 11.5 Å². The normalized spacial score (nSPS) is 11.6. The first-order valence-corrected chi connectivity index (χ1v) is 9.72. The van der Waals surface area contributed by atoms with Crippen LogP contribution < -0.4 is 10.6 Å². The van der Waals surface area contributed by atoms with Gasteiger partial charge in [0.15, 0.2) is 6.61 Å². The minimum Gasteiger partial charge on any atom is -0.454 e. The molecule has 0 heterocycles. The molecule has 1 atom stereocenters. The standard InChI is InChI=1S/C23H28N2O4/c1-16(2)13-18-9-11-19(12-10-18)17(3)25-21(26)15-29-22(27)14-24-23(28)20-7-5-4-6-8-20/h4-12,16-17H,13-15H2,1-3H3,(H,24,28)(H,25,26)/t17-/m0/s1. The van der Waals surface area contributed by atoms with Crippen LogP contribution in [0.15, 0.2) is 54.6 Å². The molecule has 6 heteroatoms. The molecule has 0 bridgehead atoms. The topological polar surface area (TPSA) is 84.5 Å². The predicted octanol–water partition coefficient (Wildman–Crippen LogP) is 3.04. The highest BCUT2D eigenvalue weighted by molar-refractivity contribution is 5.96. The van der Waals surface area contributed by atoms with Gasteiger partial charge < -0.3 is 15.4 Å². The molecule has 0 fully saturated rings. The zero-order chi connectivity index (χ0) is 21.2. The molecule has 6 nitrogen and oxygen atoms in total. The Labute approximate surface area is 171 Å². The minimum absolute atomic E-state index is 0.202. The Morgan fingerprint density at radius 3 is 2.21 bits per heavy atom. The number of hydrogen-bond donors (Lipinski definition) is 2. The third-order valence-corrected chi connectivity index (χ3v) is 4.29. The van der Waals surface area contributed by atoms with E-state index in [1.54, 1.807) is 30.3 Å². The van der Waals surface area contributed by atoms with Gasteiger partial charge in [0.05, 0.1) is 6.04 Å². The van der Waals surface area contributed by atoms with Crippen LogP contribution in [0.5, 0.6) is 0 Å². The van der Waals surface area contributed by atoms with Gasteiger partial charge in [-0.05, 0) is 42.5 Å². The fraction of sp³-hybridized carbons (Fsp3) is 0.348. The van der Waals surface area contributed by atoms with E-state index in [4.69, 9.17) is 4.74 Å². The monoisotopic (exact) mass is 396 g/mol. The molecule has 2 amide bonds. The molecule has 0 saturated carbocycles. The van der Waals surface area contributed by atoms with Crippen LogP contribution in [-0.2, 0) is 20.7 Å². The average Bonchev–Trinajstić information content (AvgIpc) is 2.71. The molecule has 2 N–H and O–H groups in total. The zero-order valence-corrected chi connectivity index (χ0v) is 17.1. The number of nitrogens with one attached hydrogen (secondary N) is 2. The largest absolute Gasteiger partial charge is 0.454 e. The second kappa shape index (κ2) is 11.0. The van der Waals surface area contributed by atoms with Crippen LogP contribution in [0, 0.1) is 5.92 Å². The van der Waals surface area contributed by atoms with E-state index in [9.17, 15) is 14.4 Å². The summed E-state index contributed by atoms with van der Waals surface area (Å²) >= 11 is 0. The molecule has 0 aliphatic rings. The predicted molar refractivity (Wildman–Crippen MR) is 111 cm³/mol. The SMILES string of the molecule is CC(C)Cc1ccc([C@H](C)NC(=O)COC(=O)CNC(=O)c2ccccc2)cc1. The van der Waals surface area contributed by atoms with E-state index in [1.165, 1.54) is 5.56 Å². The summed E-state index contributed by atoms with van der Waals surface area (Å²) in [5, 5.41) is 5.26. The van der Waals surface area contributed by atoms with Crippen LogP contribution in [0.3, 0.4) is 0 Å². The van der Waals surface area contributed by atoms with Crippen molar-refractivity contribution in [2.45, 2.75) is 33.2 Å². The van der Waals surface area contributed by atoms with Crippen molar-refractivity contribution in [3.63, 3.8) is 0 Å². The molecular weight excluding hydrogens is 368 g/mol. The Morgan fingerprint density at radius 2 is 1.59 bits per heavy atom. The number of benzene rings is 2. The van der Waals surface area contributed by atoms with Gasteiger partial charge in [0.25, 0.3) is 11.8 Å². The minimum atomic E-state index is -0.671. The maximum Gasteiger partial charge on any atom is 0.325 e. The van der Waals surface area contributed by atoms with Crippen molar-refractivity contribution >= 4 is 17.8 Å². The molecule has 154 valence electrons. The van der Waals surface area contributed by atoms with Crippen LogP contribution in [0.2, 0.25) is 0 Å². The number of carbonyl (C=O) groups excluding carboxylic acids is 3. The summed E-state index contributed by atoms with van der Waals surface area (Å²) < 4.78 is 4.92. The maximum absolute atomic E-state index is 12.0. The smallest absolute Gasteiger partial charge is 0.325 e. The van der Waals surface area contributed by atoms with Gasteiger partial charge in [0.1, 0.15) is 6.54 Å². The van der Waals surface area contributed by atoms with Crippen molar-refractivity contribution in [1.82, 2.24) is 10.6 Å². The van der Waals surface area contributed by atoms with Gasteiger partial charge in [0, 0.05) is 5.56 Å². The molecule has 0 aliphatic heterocycles. The van der Waals surface area contributed by atoms with Gasteiger partial charge in [-0.15, -0.1) is 0 Å². The van der Waals surface area contributed by atoms with Crippen molar-refractivity contribution in [3.05, 3.63) is 71.3 Å². The van der Waals surface area contributed by atoms with Crippen molar-refractivity contribution in [1.29, 1.82) is 0 Å². The number of hydrogen-bond acceptors (Lipinski definition) is 4. The van der Waals surface area contributed by atoms with E-state index >= 15 is 0 Å². The Kier molecular flexibility index (Phi) is 8.40. The Balaban J connectivity index is 1.71. The van der Waals surface area contributed by atoms with E-state index < -0.39 is 18.5 Å². The second-order valence-electron chi connectivity index (χ2n) is 7.34. The van der Waals surface area contributed by atoms with Crippen LogP contribution >= 0.6 is 0 Å². The molecule has 29 heavy (non-hydrogen) atoms. The summed E-state index contributed by atoms with van der Waals surface area (Å²) in [5.74, 6) is -0.853. The lowest BCUT2D eigenvalue weighted by Crippen LogP contribution is -2.34. The van der Waals surface area contributed by atoms with Gasteiger partial charge in [-0.3, -0.25) is 14.4 Å². The van der Waals surface area contributed by atoms with Crippen molar-refractivity contribution < 1.29 is 19.1 Å². The van der Waals surface area contributed by atoms with Crippen molar-refractivity contribution in [2.24, 2.45) is 5.92 Å². The number of ether oxygens (including phenoxy) is 1. The van der Waals surface area contributed by atoms with E-state index in [2.05, 4.69) is 36.6 Å². The molecule has 0 aliphatic carbocycles. The van der Waals surface area contributed by atoms with Gasteiger partial charge in [-0.1, -0.05) is 56.3 Å². The van der Waals surface area contributed by atoms with Crippen LogP contribution in [0.25, 0.3) is 0 Å². The molecule has 0 spiro atoms. The highest BCUT2D eigenvalue weighted by atomic mass is 16.5. The highest BCUT2D eigenvalue weighted by Gasteiger charge is 2.13. The fourth-order valence-electron chi connectivity index (χ4n) is 2.82. The van der Waals surface area contributed by atoms with E-state index in [-0.39, 0.29) is 18.5 Å². The third-order valence-electron chi connectivity index (χ3n) is 4.29. The molecular formula is C23H28N2O4. The third kappa shape index (κ3) is 7.78. The molecule has 0 unspecified atom stereocenters. The average molecular weight is 396 g/mol.